The van der Waals surface area contributed by atoms with E-state index in [1.165, 1.54) is 16.7 Å². The molecule has 2 aromatic carbocycles. The van der Waals surface area contributed by atoms with Crippen LogP contribution < -0.4 is 4.74 Å². The van der Waals surface area contributed by atoms with E-state index < -0.39 is 0 Å². The smallest absolute Gasteiger partial charge is 0.118 e. The minimum absolute atomic E-state index is 0.779. The standard InChI is InChI=1S/C19H18N2O/c1-22-19-9-7-17(8-10-19)18(14-21-12-11-20-15-21)13-16-5-3-2-4-6-16/h2-13,15H,14H2,1H3/b18-13-. The predicted molar refractivity (Wildman–Crippen MR) is 89.5 cm³/mol. The summed E-state index contributed by atoms with van der Waals surface area (Å²) >= 11 is 0. The number of allylic oxidation sites excluding steroid dienone is 1. The molecule has 0 amide bonds. The van der Waals surface area contributed by atoms with E-state index in [1.807, 2.05) is 30.7 Å². The maximum absolute atomic E-state index is 5.24. The minimum atomic E-state index is 0.779. The molecule has 0 saturated carbocycles. The van der Waals surface area contributed by atoms with Crippen LogP contribution in [0.25, 0.3) is 11.6 Å². The van der Waals surface area contributed by atoms with Crippen LogP contribution in [0.2, 0.25) is 0 Å². The van der Waals surface area contributed by atoms with Crippen LogP contribution in [-0.4, -0.2) is 16.7 Å². The Morgan fingerprint density at radius 3 is 2.50 bits per heavy atom. The van der Waals surface area contributed by atoms with E-state index in [2.05, 4.69) is 52.0 Å². The summed E-state index contributed by atoms with van der Waals surface area (Å²) in [5.41, 5.74) is 3.60. The third-order valence-electron chi connectivity index (χ3n) is 3.51. The molecule has 0 atom stereocenters. The highest BCUT2D eigenvalue weighted by atomic mass is 16.5. The summed E-state index contributed by atoms with van der Waals surface area (Å²) in [5.74, 6) is 0.866. The van der Waals surface area contributed by atoms with Crippen LogP contribution in [0.15, 0.2) is 73.3 Å². The molecular weight excluding hydrogens is 272 g/mol. The molecule has 3 heteroatoms. The summed E-state index contributed by atoms with van der Waals surface area (Å²) in [6, 6.07) is 18.5. The van der Waals surface area contributed by atoms with Crippen LogP contribution in [0.5, 0.6) is 5.75 Å². The first-order chi connectivity index (χ1) is 10.8. The van der Waals surface area contributed by atoms with Gasteiger partial charge in [-0.2, -0.15) is 0 Å². The van der Waals surface area contributed by atoms with Crippen molar-refractivity contribution < 1.29 is 4.74 Å². The van der Waals surface area contributed by atoms with Gasteiger partial charge in [0.2, 0.25) is 0 Å². The zero-order chi connectivity index (χ0) is 15.2. The maximum Gasteiger partial charge on any atom is 0.118 e. The van der Waals surface area contributed by atoms with E-state index in [1.54, 1.807) is 13.3 Å². The zero-order valence-electron chi connectivity index (χ0n) is 12.5. The monoisotopic (exact) mass is 290 g/mol. The van der Waals surface area contributed by atoms with Gasteiger partial charge in [-0.15, -0.1) is 0 Å². The van der Waals surface area contributed by atoms with Gasteiger partial charge in [-0.3, -0.25) is 0 Å². The molecule has 0 saturated heterocycles. The van der Waals surface area contributed by atoms with Gasteiger partial charge in [0.15, 0.2) is 0 Å². The van der Waals surface area contributed by atoms with Gasteiger partial charge in [0.05, 0.1) is 13.4 Å². The van der Waals surface area contributed by atoms with Crippen molar-refractivity contribution in [1.82, 2.24) is 9.55 Å². The van der Waals surface area contributed by atoms with Crippen molar-refractivity contribution in [3.05, 3.63) is 84.4 Å². The molecule has 1 aromatic heterocycles. The quantitative estimate of drug-likeness (QED) is 0.661. The molecule has 0 radical (unpaired) electrons. The number of rotatable bonds is 5. The van der Waals surface area contributed by atoms with E-state index in [4.69, 9.17) is 4.74 Å². The molecule has 3 aromatic rings. The zero-order valence-corrected chi connectivity index (χ0v) is 12.5. The summed E-state index contributed by atoms with van der Waals surface area (Å²) < 4.78 is 7.31. The second kappa shape index (κ2) is 6.76. The lowest BCUT2D eigenvalue weighted by Crippen LogP contribution is -1.98. The van der Waals surface area contributed by atoms with E-state index in [0.29, 0.717) is 0 Å². The Morgan fingerprint density at radius 2 is 1.86 bits per heavy atom. The van der Waals surface area contributed by atoms with E-state index >= 15 is 0 Å². The van der Waals surface area contributed by atoms with Gasteiger partial charge in [-0.05, 0) is 34.9 Å². The third-order valence-corrected chi connectivity index (χ3v) is 3.51. The Bertz CT molecular complexity index is 729. The van der Waals surface area contributed by atoms with Crippen LogP contribution in [0.4, 0.5) is 0 Å². The number of nitrogens with zero attached hydrogens (tertiary/aromatic N) is 2. The van der Waals surface area contributed by atoms with Crippen molar-refractivity contribution in [3.8, 4) is 5.75 Å². The van der Waals surface area contributed by atoms with Crippen LogP contribution in [-0.2, 0) is 6.54 Å². The van der Waals surface area contributed by atoms with Gasteiger partial charge >= 0.3 is 0 Å². The second-order valence-corrected chi connectivity index (χ2v) is 5.04. The Labute approximate surface area is 130 Å². The fourth-order valence-electron chi connectivity index (χ4n) is 2.35. The third kappa shape index (κ3) is 3.44. The molecule has 22 heavy (non-hydrogen) atoms. The highest BCUT2D eigenvalue weighted by Gasteiger charge is 2.04. The van der Waals surface area contributed by atoms with Crippen molar-refractivity contribution in [1.29, 1.82) is 0 Å². The van der Waals surface area contributed by atoms with Gasteiger partial charge in [0.25, 0.3) is 0 Å². The fourth-order valence-corrected chi connectivity index (χ4v) is 2.35. The molecule has 0 fully saturated rings. The van der Waals surface area contributed by atoms with Crippen LogP contribution in [0, 0.1) is 0 Å². The summed E-state index contributed by atoms with van der Waals surface area (Å²) in [6.45, 7) is 0.779. The second-order valence-electron chi connectivity index (χ2n) is 5.04. The molecule has 0 bridgehead atoms. The van der Waals surface area contributed by atoms with Gasteiger partial charge in [-0.25, -0.2) is 4.98 Å². The van der Waals surface area contributed by atoms with Crippen LogP contribution in [0.3, 0.4) is 0 Å². The largest absolute Gasteiger partial charge is 0.497 e. The van der Waals surface area contributed by atoms with Gasteiger partial charge in [-0.1, -0.05) is 42.5 Å². The summed E-state index contributed by atoms with van der Waals surface area (Å²) in [5, 5.41) is 0. The van der Waals surface area contributed by atoms with Crippen molar-refractivity contribution in [3.63, 3.8) is 0 Å². The lowest BCUT2D eigenvalue weighted by molar-refractivity contribution is 0.415. The normalized spacial score (nSPS) is 11.4. The van der Waals surface area contributed by atoms with Crippen molar-refractivity contribution in [2.75, 3.05) is 7.11 Å². The predicted octanol–water partition coefficient (Wildman–Crippen LogP) is 4.13. The highest BCUT2D eigenvalue weighted by Crippen LogP contribution is 2.22. The molecule has 3 nitrogen and oxygen atoms in total. The van der Waals surface area contributed by atoms with Crippen molar-refractivity contribution in [2.24, 2.45) is 0 Å². The Kier molecular flexibility index (Phi) is 4.35. The fraction of sp³-hybridized carbons (Fsp3) is 0.105. The molecule has 0 aliphatic rings. The molecule has 1 heterocycles. The lowest BCUT2D eigenvalue weighted by atomic mass is 10.0. The Morgan fingerprint density at radius 1 is 1.09 bits per heavy atom. The molecule has 0 spiro atoms. The first-order valence-electron chi connectivity index (χ1n) is 7.21. The topological polar surface area (TPSA) is 27.1 Å². The Hall–Kier alpha value is -2.81. The number of aromatic nitrogens is 2. The highest BCUT2D eigenvalue weighted by molar-refractivity contribution is 5.81. The SMILES string of the molecule is COc1ccc(/C(=C\c2ccccc2)Cn2ccnc2)cc1. The molecule has 0 aliphatic heterocycles. The van der Waals surface area contributed by atoms with Crippen molar-refractivity contribution in [2.45, 2.75) is 6.54 Å². The average Bonchev–Trinajstić information content (AvgIpc) is 3.08. The van der Waals surface area contributed by atoms with Crippen LogP contribution >= 0.6 is 0 Å². The molecule has 0 aliphatic carbocycles. The molecule has 0 N–H and O–H groups in total. The van der Waals surface area contributed by atoms with Gasteiger partial charge in [0.1, 0.15) is 5.75 Å². The molecule has 110 valence electrons. The number of benzene rings is 2. The number of ether oxygens (including phenoxy) is 1. The number of hydrogen-bond donors (Lipinski definition) is 0. The number of hydrogen-bond acceptors (Lipinski definition) is 2. The van der Waals surface area contributed by atoms with Gasteiger partial charge < -0.3 is 9.30 Å². The molecular formula is C19H18N2O. The minimum Gasteiger partial charge on any atom is -0.497 e. The van der Waals surface area contributed by atoms with Crippen molar-refractivity contribution >= 4 is 11.6 Å². The number of methoxy groups -OCH3 is 1. The lowest BCUT2D eigenvalue weighted by Gasteiger charge is -2.10. The summed E-state index contributed by atoms with van der Waals surface area (Å²) in [6.07, 6.45) is 7.82. The Balaban J connectivity index is 1.96. The molecule has 0 unspecified atom stereocenters. The molecule has 3 rings (SSSR count). The summed E-state index contributed by atoms with van der Waals surface area (Å²) in [7, 11) is 1.68. The summed E-state index contributed by atoms with van der Waals surface area (Å²) in [4.78, 5) is 4.12. The first-order valence-corrected chi connectivity index (χ1v) is 7.21. The number of imidazole rings is 1. The maximum atomic E-state index is 5.24. The van der Waals surface area contributed by atoms with Gasteiger partial charge in [0, 0.05) is 18.9 Å². The van der Waals surface area contributed by atoms with Crippen LogP contribution in [0.1, 0.15) is 11.1 Å². The first kappa shape index (κ1) is 14.1. The van der Waals surface area contributed by atoms with E-state index in [0.717, 1.165) is 12.3 Å². The average molecular weight is 290 g/mol. The van der Waals surface area contributed by atoms with E-state index in [-0.39, 0.29) is 0 Å². The van der Waals surface area contributed by atoms with E-state index in [9.17, 15) is 0 Å².